The van der Waals surface area contributed by atoms with Gasteiger partial charge >= 0.3 is 6.18 Å². The molecule has 0 unspecified atom stereocenters. The molecule has 0 saturated carbocycles. The molecule has 0 bridgehead atoms. The summed E-state index contributed by atoms with van der Waals surface area (Å²) in [4.78, 5) is 7.30. The average molecular weight is 381 g/mol. The number of halogens is 5. The number of anilines is 2. The van der Waals surface area contributed by atoms with Gasteiger partial charge in [-0.25, -0.2) is 9.97 Å². The topological polar surface area (TPSA) is 37.8 Å². The van der Waals surface area contributed by atoms with Crippen molar-refractivity contribution in [2.24, 2.45) is 0 Å². The number of hydrogen-bond acceptors (Lipinski definition) is 3. The number of hydrogen-bond donors (Lipinski definition) is 1. The van der Waals surface area contributed by atoms with Crippen LogP contribution >= 0.6 is 27.5 Å². The Bertz CT molecular complexity index is 662. The predicted molar refractivity (Wildman–Crippen MR) is 78.8 cm³/mol. The number of nitrogens with zero attached hydrogens (tertiary/aromatic N) is 2. The lowest BCUT2D eigenvalue weighted by molar-refractivity contribution is -0.137. The molecule has 1 aromatic carbocycles. The van der Waals surface area contributed by atoms with Crippen molar-refractivity contribution in [1.82, 2.24) is 9.97 Å². The molecule has 1 heterocycles. The zero-order valence-electron chi connectivity index (χ0n) is 10.8. The van der Waals surface area contributed by atoms with Gasteiger partial charge in [0.15, 0.2) is 0 Å². The van der Waals surface area contributed by atoms with E-state index in [0.29, 0.717) is 6.20 Å². The van der Waals surface area contributed by atoms with Gasteiger partial charge in [-0.2, -0.15) is 13.2 Å². The van der Waals surface area contributed by atoms with Crippen LogP contribution in [0.5, 0.6) is 0 Å². The summed E-state index contributed by atoms with van der Waals surface area (Å²) in [6.07, 6.45) is -3.15. The quantitative estimate of drug-likeness (QED) is 0.742. The van der Waals surface area contributed by atoms with E-state index in [-0.39, 0.29) is 5.95 Å². The molecule has 0 aliphatic carbocycles. The summed E-state index contributed by atoms with van der Waals surface area (Å²) >= 11 is 8.92. The van der Waals surface area contributed by atoms with Crippen molar-refractivity contribution in [3.8, 4) is 0 Å². The second-order valence-electron chi connectivity index (χ2n) is 4.18. The van der Waals surface area contributed by atoms with Gasteiger partial charge in [0.25, 0.3) is 0 Å². The second-order valence-corrected chi connectivity index (χ2v) is 5.45. The number of aryl methyl sites for hydroxylation is 1. The first-order valence-corrected chi connectivity index (χ1v) is 7.13. The minimum atomic E-state index is -4.57. The molecule has 2 rings (SSSR count). The van der Waals surface area contributed by atoms with Gasteiger partial charge in [-0.1, -0.05) is 34.5 Å². The maximum Gasteiger partial charge on any atom is 0.420 e. The molecular formula is C13H10BrClF3N3. The first kappa shape index (κ1) is 16.0. The van der Waals surface area contributed by atoms with E-state index in [2.05, 4.69) is 31.2 Å². The number of alkyl halides is 3. The van der Waals surface area contributed by atoms with E-state index in [1.807, 2.05) is 19.1 Å². The number of nitrogens with one attached hydrogen (secondary N) is 1. The van der Waals surface area contributed by atoms with Crippen LogP contribution in [0.25, 0.3) is 0 Å². The molecule has 0 saturated heterocycles. The van der Waals surface area contributed by atoms with Gasteiger partial charge in [0.2, 0.25) is 5.95 Å². The first-order valence-electron chi connectivity index (χ1n) is 5.96. The van der Waals surface area contributed by atoms with Crippen molar-refractivity contribution in [3.63, 3.8) is 0 Å². The summed E-state index contributed by atoms with van der Waals surface area (Å²) in [5.74, 6) is 0.0185. The molecule has 0 fully saturated rings. The summed E-state index contributed by atoms with van der Waals surface area (Å²) in [6, 6.07) is 5.51. The third-order valence-corrected chi connectivity index (χ3v) is 3.52. The Morgan fingerprint density at radius 1 is 1.33 bits per heavy atom. The van der Waals surface area contributed by atoms with Crippen molar-refractivity contribution in [2.45, 2.75) is 19.5 Å². The van der Waals surface area contributed by atoms with E-state index >= 15 is 0 Å². The van der Waals surface area contributed by atoms with Crippen LogP contribution in [0.3, 0.4) is 0 Å². The summed E-state index contributed by atoms with van der Waals surface area (Å²) in [5.41, 5.74) is 0.641. The molecule has 1 N–H and O–H groups in total. The van der Waals surface area contributed by atoms with Crippen molar-refractivity contribution in [2.75, 3.05) is 5.32 Å². The molecular weight excluding hydrogens is 371 g/mol. The lowest BCUT2D eigenvalue weighted by Gasteiger charge is -2.12. The van der Waals surface area contributed by atoms with E-state index in [1.165, 1.54) is 0 Å². The average Bonchev–Trinajstić information content (AvgIpc) is 2.39. The monoisotopic (exact) mass is 379 g/mol. The van der Waals surface area contributed by atoms with E-state index < -0.39 is 16.9 Å². The lowest BCUT2D eigenvalue weighted by atomic mass is 10.1. The molecule has 112 valence electrons. The highest BCUT2D eigenvalue weighted by atomic mass is 79.9. The molecule has 3 nitrogen and oxygen atoms in total. The SMILES string of the molecule is CCc1cc(Br)ccc1Nc1ncc(C(F)(F)F)c(Cl)n1. The molecule has 0 amide bonds. The zero-order valence-corrected chi connectivity index (χ0v) is 13.1. The lowest BCUT2D eigenvalue weighted by Crippen LogP contribution is -2.09. The van der Waals surface area contributed by atoms with Gasteiger partial charge in [-0.05, 0) is 30.2 Å². The second kappa shape index (κ2) is 6.19. The summed E-state index contributed by atoms with van der Waals surface area (Å²) < 4.78 is 38.7. The van der Waals surface area contributed by atoms with Crippen LogP contribution in [0.2, 0.25) is 5.15 Å². The summed E-state index contributed by atoms with van der Waals surface area (Å²) in [7, 11) is 0. The first-order chi connectivity index (χ1) is 9.81. The molecule has 2 aromatic rings. The molecule has 21 heavy (non-hydrogen) atoms. The standard InChI is InChI=1S/C13H10BrClF3N3/c1-2-7-5-8(14)3-4-10(7)20-12-19-6-9(11(15)21-12)13(16,17)18/h3-6H,2H2,1H3,(H,19,20,21). The number of benzene rings is 1. The Hall–Kier alpha value is -1.34. The minimum Gasteiger partial charge on any atom is -0.324 e. The largest absolute Gasteiger partial charge is 0.420 e. The molecule has 8 heteroatoms. The van der Waals surface area contributed by atoms with Gasteiger partial charge in [0, 0.05) is 16.4 Å². The Morgan fingerprint density at radius 2 is 2.05 bits per heavy atom. The Labute approximate surface area is 132 Å². The fraction of sp³-hybridized carbons (Fsp3) is 0.231. The third-order valence-electron chi connectivity index (χ3n) is 2.74. The molecule has 0 atom stereocenters. The van der Waals surface area contributed by atoms with Gasteiger partial charge in [-0.3, -0.25) is 0 Å². The Kier molecular flexibility index (Phi) is 4.73. The molecule has 0 aliphatic rings. The highest BCUT2D eigenvalue weighted by Gasteiger charge is 2.34. The highest BCUT2D eigenvalue weighted by Crippen LogP contribution is 2.34. The third kappa shape index (κ3) is 3.85. The Morgan fingerprint density at radius 3 is 2.62 bits per heavy atom. The van der Waals surface area contributed by atoms with Crippen molar-refractivity contribution < 1.29 is 13.2 Å². The smallest absolute Gasteiger partial charge is 0.324 e. The number of aromatic nitrogens is 2. The molecule has 0 radical (unpaired) electrons. The number of rotatable bonds is 3. The van der Waals surface area contributed by atoms with Crippen LogP contribution in [0.4, 0.5) is 24.8 Å². The van der Waals surface area contributed by atoms with Gasteiger partial charge in [0.1, 0.15) is 10.7 Å². The normalized spacial score (nSPS) is 11.5. The molecule has 0 spiro atoms. The van der Waals surface area contributed by atoms with Crippen molar-refractivity contribution in [1.29, 1.82) is 0 Å². The summed E-state index contributed by atoms with van der Waals surface area (Å²) in [6.45, 7) is 1.97. The van der Waals surface area contributed by atoms with Gasteiger partial charge in [0.05, 0.1) is 0 Å². The van der Waals surface area contributed by atoms with Crippen LogP contribution < -0.4 is 5.32 Å². The van der Waals surface area contributed by atoms with E-state index in [1.54, 1.807) is 6.07 Å². The van der Waals surface area contributed by atoms with E-state index in [0.717, 1.165) is 22.1 Å². The van der Waals surface area contributed by atoms with Gasteiger partial charge in [-0.15, -0.1) is 0 Å². The zero-order chi connectivity index (χ0) is 15.6. The minimum absolute atomic E-state index is 0.0185. The van der Waals surface area contributed by atoms with Crippen LogP contribution in [-0.4, -0.2) is 9.97 Å². The fourth-order valence-electron chi connectivity index (χ4n) is 1.71. The maximum atomic E-state index is 12.6. The fourth-order valence-corrected chi connectivity index (χ4v) is 2.35. The van der Waals surface area contributed by atoms with Gasteiger partial charge < -0.3 is 5.32 Å². The molecule has 1 aromatic heterocycles. The summed E-state index contributed by atoms with van der Waals surface area (Å²) in [5, 5.41) is 2.25. The van der Waals surface area contributed by atoms with Crippen molar-refractivity contribution >= 4 is 39.2 Å². The molecule has 0 aliphatic heterocycles. The Balaban J connectivity index is 2.31. The van der Waals surface area contributed by atoms with E-state index in [4.69, 9.17) is 11.6 Å². The highest BCUT2D eigenvalue weighted by molar-refractivity contribution is 9.10. The van der Waals surface area contributed by atoms with E-state index in [9.17, 15) is 13.2 Å². The van der Waals surface area contributed by atoms with Crippen LogP contribution in [0.15, 0.2) is 28.9 Å². The van der Waals surface area contributed by atoms with Crippen LogP contribution in [0, 0.1) is 0 Å². The predicted octanol–water partition coefficient (Wildman–Crippen LogP) is 5.22. The van der Waals surface area contributed by atoms with Crippen molar-refractivity contribution in [3.05, 3.63) is 45.1 Å². The van der Waals surface area contributed by atoms with Crippen LogP contribution in [-0.2, 0) is 12.6 Å². The van der Waals surface area contributed by atoms with Crippen LogP contribution in [0.1, 0.15) is 18.1 Å². The maximum absolute atomic E-state index is 12.6.